The molecule has 4 rings (SSSR count). The summed E-state index contributed by atoms with van der Waals surface area (Å²) in [6, 6.07) is 3.48. The maximum atomic E-state index is 13.0. The number of ether oxygens (including phenoxy) is 1. The molecule has 160 valence electrons. The predicted octanol–water partition coefficient (Wildman–Crippen LogP) is 6.14. The normalized spacial score (nSPS) is 35.3. The van der Waals surface area contributed by atoms with Crippen molar-refractivity contribution in [2.45, 2.75) is 83.0 Å². The summed E-state index contributed by atoms with van der Waals surface area (Å²) >= 11 is 9.67. The second-order valence-electron chi connectivity index (χ2n) is 9.61. The number of amides is 1. The summed E-state index contributed by atoms with van der Waals surface area (Å²) in [7, 11) is 0. The zero-order valence-corrected chi connectivity index (χ0v) is 19.6. The highest BCUT2D eigenvalue weighted by molar-refractivity contribution is 9.10. The van der Waals surface area contributed by atoms with Gasteiger partial charge in [-0.05, 0) is 66.6 Å². The molecule has 2 N–H and O–H groups in total. The van der Waals surface area contributed by atoms with Gasteiger partial charge in [0.05, 0.1) is 16.7 Å². The summed E-state index contributed by atoms with van der Waals surface area (Å²) in [5, 5.41) is 14.7. The number of carbonyl (C=O) groups excluding carboxylic acids is 1. The molecule has 5 atom stereocenters. The molecule has 0 spiro atoms. The van der Waals surface area contributed by atoms with E-state index in [-0.39, 0.29) is 35.3 Å². The van der Waals surface area contributed by atoms with E-state index in [2.05, 4.69) is 35.1 Å². The minimum Gasteiger partial charge on any atom is -0.506 e. The van der Waals surface area contributed by atoms with Crippen molar-refractivity contribution in [3.8, 4) is 5.75 Å². The average Bonchev–Trinajstić information content (AvgIpc) is 3.19. The van der Waals surface area contributed by atoms with Crippen molar-refractivity contribution in [1.29, 1.82) is 0 Å². The molecule has 0 radical (unpaired) electrons. The van der Waals surface area contributed by atoms with Gasteiger partial charge >= 0.3 is 0 Å². The van der Waals surface area contributed by atoms with Gasteiger partial charge in [-0.1, -0.05) is 37.8 Å². The molecule has 1 heterocycles. The van der Waals surface area contributed by atoms with Gasteiger partial charge in [0, 0.05) is 34.4 Å². The number of phenolic OH excluding ortho intramolecular Hbond substituents is 1. The van der Waals surface area contributed by atoms with Crippen molar-refractivity contribution < 1.29 is 14.6 Å². The number of phenols is 1. The van der Waals surface area contributed by atoms with Gasteiger partial charge in [0.1, 0.15) is 5.75 Å². The van der Waals surface area contributed by atoms with Gasteiger partial charge in [-0.2, -0.15) is 0 Å². The van der Waals surface area contributed by atoms with Crippen molar-refractivity contribution in [2.75, 3.05) is 0 Å². The van der Waals surface area contributed by atoms with E-state index < -0.39 is 0 Å². The number of halogens is 2. The van der Waals surface area contributed by atoms with Crippen molar-refractivity contribution in [3.05, 3.63) is 27.2 Å². The summed E-state index contributed by atoms with van der Waals surface area (Å²) in [4.78, 5) is 13.0. The van der Waals surface area contributed by atoms with Gasteiger partial charge in [0.2, 0.25) is 5.91 Å². The quantitative estimate of drug-likeness (QED) is 0.542. The number of nitrogens with one attached hydrogen (secondary N) is 1. The Morgan fingerprint density at radius 2 is 2.00 bits per heavy atom. The Kier molecular flexibility index (Phi) is 6.21. The SMILES string of the molecule is C[C@@H]1CC[C@@H]2[C@@H](C1)O[C@@H](c1cc(Cl)cc(Br)c1O)C[C@@]2(C)NC(=O)C1CCCC1. The summed E-state index contributed by atoms with van der Waals surface area (Å²) in [5.74, 6) is 1.41. The molecule has 4 nitrogen and oxygen atoms in total. The molecule has 6 heteroatoms. The van der Waals surface area contributed by atoms with Gasteiger partial charge in [0.15, 0.2) is 0 Å². The fourth-order valence-corrected chi connectivity index (χ4v) is 6.57. The first kappa shape index (κ1) is 21.5. The zero-order valence-electron chi connectivity index (χ0n) is 17.2. The maximum Gasteiger partial charge on any atom is 0.223 e. The third-order valence-electron chi connectivity index (χ3n) is 7.36. The van der Waals surface area contributed by atoms with Crippen LogP contribution in [-0.4, -0.2) is 22.7 Å². The summed E-state index contributed by atoms with van der Waals surface area (Å²) in [6.07, 6.45) is 7.91. The minimum absolute atomic E-state index is 0.0727. The number of carbonyl (C=O) groups is 1. The monoisotopic (exact) mass is 483 g/mol. The lowest BCUT2D eigenvalue weighted by Gasteiger charge is -2.52. The highest BCUT2D eigenvalue weighted by atomic mass is 79.9. The van der Waals surface area contributed by atoms with Crippen LogP contribution in [-0.2, 0) is 9.53 Å². The van der Waals surface area contributed by atoms with E-state index in [1.807, 2.05) is 0 Å². The van der Waals surface area contributed by atoms with Crippen LogP contribution in [0.5, 0.6) is 5.75 Å². The lowest BCUT2D eigenvalue weighted by atomic mass is 9.66. The van der Waals surface area contributed by atoms with Gasteiger partial charge < -0.3 is 15.2 Å². The van der Waals surface area contributed by atoms with E-state index in [0.717, 1.165) is 44.9 Å². The van der Waals surface area contributed by atoms with Crippen molar-refractivity contribution in [1.82, 2.24) is 5.32 Å². The number of hydrogen-bond acceptors (Lipinski definition) is 3. The molecule has 2 saturated carbocycles. The van der Waals surface area contributed by atoms with Crippen LogP contribution in [0, 0.1) is 17.8 Å². The number of rotatable bonds is 3. The van der Waals surface area contributed by atoms with Crippen LogP contribution < -0.4 is 5.32 Å². The number of benzene rings is 1. The lowest BCUT2D eigenvalue weighted by Crippen LogP contribution is -2.61. The topological polar surface area (TPSA) is 58.6 Å². The molecular weight excluding hydrogens is 454 g/mol. The maximum absolute atomic E-state index is 13.0. The van der Waals surface area contributed by atoms with Gasteiger partial charge in [0.25, 0.3) is 0 Å². The number of aromatic hydroxyl groups is 1. The largest absolute Gasteiger partial charge is 0.506 e. The van der Waals surface area contributed by atoms with Gasteiger partial charge in [-0.15, -0.1) is 0 Å². The standard InChI is InChI=1S/C23H31BrClNO3/c1-13-7-8-17-19(9-13)29-20(16-10-15(25)11-18(24)21(16)27)12-23(17,2)26-22(28)14-5-3-4-6-14/h10-11,13-14,17,19-20,27H,3-9,12H2,1-2H3,(H,26,28)/t13-,17-,19-,20-,23-/m1/s1. The predicted molar refractivity (Wildman–Crippen MR) is 118 cm³/mol. The molecule has 0 aromatic heterocycles. The van der Waals surface area contributed by atoms with E-state index >= 15 is 0 Å². The van der Waals surface area contributed by atoms with E-state index in [9.17, 15) is 9.90 Å². The molecule has 3 aliphatic rings. The Labute approximate surface area is 186 Å². The Morgan fingerprint density at radius 3 is 2.72 bits per heavy atom. The van der Waals surface area contributed by atoms with Crippen molar-refractivity contribution in [2.24, 2.45) is 17.8 Å². The average molecular weight is 485 g/mol. The third kappa shape index (κ3) is 4.33. The Bertz CT molecular complexity index is 782. The smallest absolute Gasteiger partial charge is 0.223 e. The highest BCUT2D eigenvalue weighted by Gasteiger charge is 2.50. The molecule has 3 fully saturated rings. The first-order valence-electron chi connectivity index (χ1n) is 10.9. The van der Waals surface area contributed by atoms with Gasteiger partial charge in [-0.25, -0.2) is 0 Å². The van der Waals surface area contributed by atoms with Gasteiger partial charge in [-0.3, -0.25) is 4.79 Å². The molecule has 1 aliphatic heterocycles. The molecule has 0 bridgehead atoms. The Balaban J connectivity index is 1.64. The minimum atomic E-state index is -0.353. The first-order chi connectivity index (χ1) is 13.8. The highest BCUT2D eigenvalue weighted by Crippen LogP contribution is 2.50. The van der Waals surface area contributed by atoms with E-state index in [4.69, 9.17) is 16.3 Å². The van der Waals surface area contributed by atoms with E-state index in [0.29, 0.717) is 33.3 Å². The van der Waals surface area contributed by atoms with Crippen LogP contribution in [0.3, 0.4) is 0 Å². The first-order valence-corrected chi connectivity index (χ1v) is 12.1. The van der Waals surface area contributed by atoms with Crippen molar-refractivity contribution in [3.63, 3.8) is 0 Å². The zero-order chi connectivity index (χ0) is 20.8. The second kappa shape index (κ2) is 8.39. The molecular formula is C23H31BrClNO3. The van der Waals surface area contributed by atoms with Crippen LogP contribution in [0.2, 0.25) is 5.02 Å². The fourth-order valence-electron chi connectivity index (χ4n) is 5.73. The summed E-state index contributed by atoms with van der Waals surface area (Å²) in [5.41, 5.74) is 0.344. The molecule has 1 saturated heterocycles. The fraction of sp³-hybridized carbons (Fsp3) is 0.696. The van der Waals surface area contributed by atoms with Crippen LogP contribution in [0.4, 0.5) is 0 Å². The molecule has 0 unspecified atom stereocenters. The number of hydrogen-bond donors (Lipinski definition) is 2. The lowest BCUT2D eigenvalue weighted by molar-refractivity contribution is -0.155. The van der Waals surface area contributed by atoms with E-state index in [1.165, 1.54) is 0 Å². The Hall–Kier alpha value is -0.780. The summed E-state index contributed by atoms with van der Waals surface area (Å²) < 4.78 is 7.12. The Morgan fingerprint density at radius 1 is 1.28 bits per heavy atom. The van der Waals surface area contributed by atoms with Crippen LogP contribution in [0.15, 0.2) is 16.6 Å². The number of fused-ring (bicyclic) bond motifs is 1. The molecule has 29 heavy (non-hydrogen) atoms. The molecule has 2 aliphatic carbocycles. The summed E-state index contributed by atoms with van der Waals surface area (Å²) in [6.45, 7) is 4.45. The van der Waals surface area contributed by atoms with E-state index in [1.54, 1.807) is 12.1 Å². The third-order valence-corrected chi connectivity index (χ3v) is 8.18. The van der Waals surface area contributed by atoms with Crippen LogP contribution in [0.25, 0.3) is 0 Å². The molecule has 1 aromatic carbocycles. The van der Waals surface area contributed by atoms with Crippen LogP contribution in [0.1, 0.15) is 76.9 Å². The molecule has 1 aromatic rings. The molecule has 1 amide bonds. The second-order valence-corrected chi connectivity index (χ2v) is 10.9. The van der Waals surface area contributed by atoms with Crippen LogP contribution >= 0.6 is 27.5 Å². The van der Waals surface area contributed by atoms with Crippen molar-refractivity contribution >= 4 is 33.4 Å².